The van der Waals surface area contributed by atoms with Crippen molar-refractivity contribution in [2.24, 2.45) is 5.73 Å². The van der Waals surface area contributed by atoms with E-state index in [1.54, 1.807) is 12.1 Å². The van der Waals surface area contributed by atoms with Gasteiger partial charge < -0.3 is 20.3 Å². The van der Waals surface area contributed by atoms with Crippen molar-refractivity contribution in [3.05, 3.63) is 23.3 Å². The number of halogens is 1. The Bertz CT molecular complexity index is 504. The normalized spacial score (nSPS) is 16.6. The minimum absolute atomic E-state index is 0.0598. The highest BCUT2D eigenvalue weighted by Gasteiger charge is 2.22. The molecule has 0 amide bonds. The summed E-state index contributed by atoms with van der Waals surface area (Å²) < 4.78 is 24.6. The lowest BCUT2D eigenvalue weighted by Gasteiger charge is -2.24. The van der Waals surface area contributed by atoms with E-state index in [1.165, 1.54) is 6.92 Å². The third kappa shape index (κ3) is 3.19. The van der Waals surface area contributed by atoms with Crippen molar-refractivity contribution in [2.45, 2.75) is 32.0 Å². The van der Waals surface area contributed by atoms with Gasteiger partial charge in [0.25, 0.3) is 0 Å². The summed E-state index contributed by atoms with van der Waals surface area (Å²) in [4.78, 5) is 10.6. The van der Waals surface area contributed by atoms with E-state index in [-0.39, 0.29) is 12.8 Å². The van der Waals surface area contributed by atoms with E-state index >= 15 is 0 Å². The molecule has 110 valence electrons. The zero-order valence-corrected chi connectivity index (χ0v) is 11.3. The molecule has 0 radical (unpaired) electrons. The van der Waals surface area contributed by atoms with E-state index in [0.29, 0.717) is 35.8 Å². The van der Waals surface area contributed by atoms with Crippen LogP contribution in [0, 0.1) is 0 Å². The van der Waals surface area contributed by atoms with Crippen molar-refractivity contribution < 1.29 is 23.8 Å². The van der Waals surface area contributed by atoms with E-state index in [4.69, 9.17) is 20.3 Å². The molecule has 0 saturated heterocycles. The average molecular weight is 283 g/mol. The van der Waals surface area contributed by atoms with Crippen LogP contribution in [0.15, 0.2) is 12.1 Å². The Morgan fingerprint density at radius 1 is 1.35 bits per heavy atom. The van der Waals surface area contributed by atoms with E-state index in [9.17, 15) is 9.18 Å². The maximum Gasteiger partial charge on any atom is 0.303 e. The number of carbonyl (C=O) groups is 1. The molecule has 0 saturated carbocycles. The van der Waals surface area contributed by atoms with Crippen molar-refractivity contribution >= 4 is 5.97 Å². The van der Waals surface area contributed by atoms with E-state index in [1.807, 2.05) is 0 Å². The first-order valence-electron chi connectivity index (χ1n) is 6.54. The molecule has 20 heavy (non-hydrogen) atoms. The molecule has 5 nitrogen and oxygen atoms in total. The minimum Gasteiger partial charge on any atom is -0.486 e. The highest BCUT2D eigenvalue weighted by Crippen LogP contribution is 2.38. The summed E-state index contributed by atoms with van der Waals surface area (Å²) >= 11 is 0. The number of carboxylic acid groups (broad SMARTS) is 1. The molecule has 1 heterocycles. The van der Waals surface area contributed by atoms with Crippen molar-refractivity contribution in [1.29, 1.82) is 0 Å². The van der Waals surface area contributed by atoms with Gasteiger partial charge in [-0.25, -0.2) is 4.39 Å². The fourth-order valence-electron chi connectivity index (χ4n) is 2.22. The highest BCUT2D eigenvalue weighted by atomic mass is 19.1. The smallest absolute Gasteiger partial charge is 0.303 e. The van der Waals surface area contributed by atoms with Gasteiger partial charge in [0.2, 0.25) is 0 Å². The number of rotatable bonds is 5. The minimum atomic E-state index is -1.21. The lowest BCUT2D eigenvalue weighted by Crippen LogP contribution is -2.19. The van der Waals surface area contributed by atoms with Gasteiger partial charge >= 0.3 is 5.97 Å². The van der Waals surface area contributed by atoms with Gasteiger partial charge in [0.05, 0.1) is 0 Å². The molecule has 3 N–H and O–H groups in total. The maximum atomic E-state index is 13.8. The summed E-state index contributed by atoms with van der Waals surface area (Å²) in [6.45, 7) is 2.28. The van der Waals surface area contributed by atoms with Crippen LogP contribution in [-0.2, 0) is 4.79 Å². The SMILES string of the molecule is CC(F)c1cc2c(cc1C(N)CCC(=O)O)OCCO2. The lowest BCUT2D eigenvalue weighted by molar-refractivity contribution is -0.137. The van der Waals surface area contributed by atoms with Crippen LogP contribution in [-0.4, -0.2) is 24.3 Å². The third-order valence-electron chi connectivity index (χ3n) is 3.25. The molecule has 1 aliphatic heterocycles. The van der Waals surface area contributed by atoms with Crippen LogP contribution in [0.2, 0.25) is 0 Å². The zero-order chi connectivity index (χ0) is 14.7. The summed E-state index contributed by atoms with van der Waals surface area (Å²) in [5.74, 6) is 0.110. The predicted molar refractivity (Wildman–Crippen MR) is 70.8 cm³/mol. The van der Waals surface area contributed by atoms with Crippen molar-refractivity contribution in [1.82, 2.24) is 0 Å². The maximum absolute atomic E-state index is 13.8. The quantitative estimate of drug-likeness (QED) is 0.866. The van der Waals surface area contributed by atoms with Crippen molar-refractivity contribution in [2.75, 3.05) is 13.2 Å². The predicted octanol–water partition coefficient (Wildman–Crippen LogP) is 2.35. The number of nitrogens with two attached hydrogens (primary N) is 1. The van der Waals surface area contributed by atoms with Gasteiger partial charge in [0.1, 0.15) is 19.4 Å². The number of fused-ring (bicyclic) bond motifs is 1. The molecule has 0 aliphatic carbocycles. The number of alkyl halides is 1. The summed E-state index contributed by atoms with van der Waals surface area (Å²) in [5.41, 5.74) is 6.99. The van der Waals surface area contributed by atoms with Gasteiger partial charge in [0, 0.05) is 12.5 Å². The first kappa shape index (κ1) is 14.6. The third-order valence-corrected chi connectivity index (χ3v) is 3.25. The second-order valence-electron chi connectivity index (χ2n) is 4.78. The van der Waals surface area contributed by atoms with Gasteiger partial charge in [-0.1, -0.05) is 0 Å². The number of hydrogen-bond acceptors (Lipinski definition) is 4. The van der Waals surface area contributed by atoms with Crippen LogP contribution in [0.3, 0.4) is 0 Å². The van der Waals surface area contributed by atoms with Crippen LogP contribution < -0.4 is 15.2 Å². The second kappa shape index (κ2) is 6.09. The molecule has 1 aliphatic rings. The Morgan fingerprint density at radius 3 is 2.40 bits per heavy atom. The number of ether oxygens (including phenoxy) is 2. The molecular weight excluding hydrogens is 265 g/mol. The summed E-state index contributed by atoms with van der Waals surface area (Å²) in [7, 11) is 0. The zero-order valence-electron chi connectivity index (χ0n) is 11.3. The van der Waals surface area contributed by atoms with Gasteiger partial charge in [-0.05, 0) is 36.6 Å². The van der Waals surface area contributed by atoms with E-state index in [0.717, 1.165) is 0 Å². The first-order chi connectivity index (χ1) is 9.49. The first-order valence-corrected chi connectivity index (χ1v) is 6.54. The number of aliphatic carboxylic acids is 1. The van der Waals surface area contributed by atoms with Crippen molar-refractivity contribution in [3.63, 3.8) is 0 Å². The Kier molecular flexibility index (Phi) is 4.44. The monoisotopic (exact) mass is 283 g/mol. The fourth-order valence-corrected chi connectivity index (χ4v) is 2.22. The standard InChI is InChI=1S/C14H18FNO4/c1-8(15)9-6-12-13(20-5-4-19-12)7-10(9)11(16)2-3-14(17)18/h6-8,11H,2-5,16H2,1H3,(H,17,18). The largest absolute Gasteiger partial charge is 0.486 e. The van der Waals surface area contributed by atoms with Crippen molar-refractivity contribution in [3.8, 4) is 11.5 Å². The summed E-state index contributed by atoms with van der Waals surface area (Å²) in [6, 6.07) is 2.71. The fraction of sp³-hybridized carbons (Fsp3) is 0.500. The van der Waals surface area contributed by atoms with Crippen LogP contribution in [0.1, 0.15) is 43.1 Å². The molecule has 0 bridgehead atoms. The number of benzene rings is 1. The van der Waals surface area contributed by atoms with Crippen LogP contribution in [0.4, 0.5) is 4.39 Å². The summed E-state index contributed by atoms with van der Waals surface area (Å²) in [6.07, 6.45) is -1.03. The molecule has 0 fully saturated rings. The molecular formula is C14H18FNO4. The van der Waals surface area contributed by atoms with Crippen LogP contribution in [0.5, 0.6) is 11.5 Å². The topological polar surface area (TPSA) is 81.8 Å². The Hall–Kier alpha value is -1.82. The van der Waals surface area contributed by atoms with E-state index in [2.05, 4.69) is 0 Å². The number of carboxylic acids is 1. The van der Waals surface area contributed by atoms with Crippen LogP contribution >= 0.6 is 0 Å². The lowest BCUT2D eigenvalue weighted by atomic mass is 9.94. The molecule has 2 rings (SSSR count). The van der Waals surface area contributed by atoms with Gasteiger partial charge in [-0.3, -0.25) is 4.79 Å². The van der Waals surface area contributed by atoms with E-state index < -0.39 is 18.2 Å². The Labute approximate surface area is 116 Å². The Balaban J connectivity index is 2.31. The molecule has 1 aromatic carbocycles. The number of hydrogen-bond donors (Lipinski definition) is 2. The van der Waals surface area contributed by atoms with Gasteiger partial charge in [0.15, 0.2) is 11.5 Å². The van der Waals surface area contributed by atoms with Gasteiger partial charge in [-0.15, -0.1) is 0 Å². The highest BCUT2D eigenvalue weighted by molar-refractivity contribution is 5.66. The molecule has 0 spiro atoms. The van der Waals surface area contributed by atoms with Crippen LogP contribution in [0.25, 0.3) is 0 Å². The summed E-state index contributed by atoms with van der Waals surface area (Å²) in [5, 5.41) is 8.71. The molecule has 6 heteroatoms. The second-order valence-corrected chi connectivity index (χ2v) is 4.78. The molecule has 1 aromatic rings. The Morgan fingerprint density at radius 2 is 1.90 bits per heavy atom. The molecule has 0 aromatic heterocycles. The van der Waals surface area contributed by atoms with Gasteiger partial charge in [-0.2, -0.15) is 0 Å². The average Bonchev–Trinajstić information content (AvgIpc) is 2.43. The molecule has 2 unspecified atom stereocenters. The molecule has 2 atom stereocenters.